The SMILES string of the molecule is Cc1c(OCCCCOc2ccc3ccc(=O)oc3c2)ccc(C(=O)CC(C)C)c1O.O=C([O-])[O-].[K+].[K+]. The Morgan fingerprint density at radius 3 is 2.19 bits per heavy atom. The summed E-state index contributed by atoms with van der Waals surface area (Å²) >= 11 is 0. The van der Waals surface area contributed by atoms with Gasteiger partial charge in [-0.15, -0.1) is 0 Å². The molecule has 1 aromatic heterocycles. The molecule has 0 saturated carbocycles. The molecule has 188 valence electrons. The number of rotatable bonds is 10. The van der Waals surface area contributed by atoms with Crippen LogP contribution < -0.4 is 128 Å². The maximum absolute atomic E-state index is 12.2. The van der Waals surface area contributed by atoms with Crippen molar-refractivity contribution < 1.29 is 142 Å². The monoisotopic (exact) mass is 562 g/mol. The number of hydrogen-bond acceptors (Lipinski definition) is 9. The molecule has 0 aliphatic carbocycles. The Morgan fingerprint density at radius 1 is 0.973 bits per heavy atom. The van der Waals surface area contributed by atoms with E-state index in [4.69, 9.17) is 28.9 Å². The molecule has 3 aromatic rings. The first-order valence-corrected chi connectivity index (χ1v) is 11.1. The summed E-state index contributed by atoms with van der Waals surface area (Å²) in [5.74, 6) is 1.38. The molecule has 0 unspecified atom stereocenters. The van der Waals surface area contributed by atoms with Crippen molar-refractivity contribution in [3.63, 3.8) is 0 Å². The quantitative estimate of drug-likeness (QED) is 0.117. The van der Waals surface area contributed by atoms with E-state index >= 15 is 0 Å². The zero-order chi connectivity index (χ0) is 26.0. The van der Waals surface area contributed by atoms with E-state index in [1.54, 1.807) is 31.2 Å². The minimum atomic E-state index is -2.33. The number of aromatic hydroxyl groups is 1. The second kappa shape index (κ2) is 18.5. The summed E-state index contributed by atoms with van der Waals surface area (Å²) in [5.41, 5.74) is 1.03. The average Bonchev–Trinajstić information content (AvgIpc) is 2.77. The Kier molecular flexibility index (Phi) is 18.2. The van der Waals surface area contributed by atoms with Crippen molar-refractivity contribution in [1.29, 1.82) is 0 Å². The molecule has 0 aliphatic rings. The second-order valence-electron chi connectivity index (χ2n) is 8.21. The molecule has 9 nitrogen and oxygen atoms in total. The van der Waals surface area contributed by atoms with Crippen LogP contribution in [0.4, 0.5) is 4.79 Å². The molecule has 0 bridgehead atoms. The molecule has 0 fully saturated rings. The molecule has 2 aromatic carbocycles. The van der Waals surface area contributed by atoms with Gasteiger partial charge in [0.2, 0.25) is 0 Å². The molecule has 0 saturated heterocycles. The molecule has 0 aliphatic heterocycles. The van der Waals surface area contributed by atoms with Crippen molar-refractivity contribution in [3.05, 3.63) is 64.0 Å². The van der Waals surface area contributed by atoms with E-state index in [2.05, 4.69) is 0 Å². The van der Waals surface area contributed by atoms with Gasteiger partial charge in [-0.3, -0.25) is 4.79 Å². The maximum atomic E-state index is 12.2. The van der Waals surface area contributed by atoms with Crippen LogP contribution in [0.3, 0.4) is 0 Å². The number of phenolic OH excluding ortho intramolecular Hbond substituents is 1. The van der Waals surface area contributed by atoms with Crippen LogP contribution in [-0.4, -0.2) is 30.3 Å². The largest absolute Gasteiger partial charge is 1.00 e. The molecule has 0 radical (unpaired) electrons. The van der Waals surface area contributed by atoms with Crippen molar-refractivity contribution in [2.24, 2.45) is 5.92 Å². The number of phenols is 1. The summed E-state index contributed by atoms with van der Waals surface area (Å²) in [4.78, 5) is 31.9. The Labute approximate surface area is 300 Å². The van der Waals surface area contributed by atoms with Gasteiger partial charge < -0.3 is 34.0 Å². The van der Waals surface area contributed by atoms with Crippen LogP contribution in [0.25, 0.3) is 11.0 Å². The molecular weight excluding hydrogens is 534 g/mol. The van der Waals surface area contributed by atoms with Gasteiger partial charge in [-0.05, 0) is 62.2 Å². The summed E-state index contributed by atoms with van der Waals surface area (Å²) in [7, 11) is 0. The molecule has 37 heavy (non-hydrogen) atoms. The first kappa shape index (κ1) is 36.3. The predicted molar refractivity (Wildman–Crippen MR) is 125 cm³/mol. The van der Waals surface area contributed by atoms with Gasteiger partial charge in [-0.25, -0.2) is 4.79 Å². The first-order valence-electron chi connectivity index (χ1n) is 11.1. The van der Waals surface area contributed by atoms with E-state index < -0.39 is 6.16 Å². The van der Waals surface area contributed by atoms with Gasteiger partial charge in [0.15, 0.2) is 5.78 Å². The van der Waals surface area contributed by atoms with Crippen LogP contribution in [0.5, 0.6) is 17.2 Å². The van der Waals surface area contributed by atoms with Gasteiger partial charge >= 0.3 is 108 Å². The fraction of sp³-hybridized carbons (Fsp3) is 0.346. The van der Waals surface area contributed by atoms with E-state index in [9.17, 15) is 14.7 Å². The van der Waals surface area contributed by atoms with Gasteiger partial charge in [0.25, 0.3) is 0 Å². The number of hydrogen-bond donors (Lipinski definition) is 1. The molecule has 11 heteroatoms. The number of benzene rings is 2. The Morgan fingerprint density at radius 2 is 1.57 bits per heavy atom. The summed E-state index contributed by atoms with van der Waals surface area (Å²) in [5, 5.41) is 27.9. The molecular formula is C26H28K2O9. The van der Waals surface area contributed by atoms with Crippen LogP contribution in [0, 0.1) is 12.8 Å². The van der Waals surface area contributed by atoms with E-state index in [1.807, 2.05) is 26.0 Å². The zero-order valence-electron chi connectivity index (χ0n) is 21.9. The minimum absolute atomic E-state index is 0. The fourth-order valence-corrected chi connectivity index (χ4v) is 3.25. The third-order valence-electron chi connectivity index (χ3n) is 4.93. The maximum Gasteiger partial charge on any atom is 1.00 e. The Bertz CT molecular complexity index is 1220. The number of unbranched alkanes of at least 4 members (excludes halogenated alkanes) is 1. The topological polar surface area (TPSA) is 149 Å². The van der Waals surface area contributed by atoms with Crippen LogP contribution in [0.2, 0.25) is 0 Å². The molecule has 0 amide bonds. The van der Waals surface area contributed by atoms with Crippen LogP contribution in [0.1, 0.15) is 49.0 Å². The van der Waals surface area contributed by atoms with Crippen molar-refractivity contribution >= 4 is 22.9 Å². The van der Waals surface area contributed by atoms with E-state index in [0.29, 0.717) is 47.8 Å². The summed E-state index contributed by atoms with van der Waals surface area (Å²) in [6.45, 7) is 6.66. The third kappa shape index (κ3) is 12.8. The predicted octanol–water partition coefficient (Wildman–Crippen LogP) is -3.17. The average molecular weight is 563 g/mol. The molecule has 1 heterocycles. The molecule has 0 atom stereocenters. The number of carboxylic acid groups (broad SMARTS) is 2. The Hall–Kier alpha value is -0.737. The zero-order valence-corrected chi connectivity index (χ0v) is 28.1. The number of Topliss-reactive ketones (excluding diaryl/α,β-unsaturated/α-hetero) is 1. The van der Waals surface area contributed by atoms with Crippen molar-refractivity contribution in [1.82, 2.24) is 0 Å². The second-order valence-corrected chi connectivity index (χ2v) is 8.21. The van der Waals surface area contributed by atoms with Gasteiger partial charge in [0.05, 0.1) is 18.8 Å². The van der Waals surface area contributed by atoms with Crippen LogP contribution in [0.15, 0.2) is 51.7 Å². The molecule has 0 spiro atoms. The van der Waals surface area contributed by atoms with Crippen LogP contribution in [-0.2, 0) is 0 Å². The summed E-state index contributed by atoms with van der Waals surface area (Å²) < 4.78 is 16.7. The summed E-state index contributed by atoms with van der Waals surface area (Å²) in [6.07, 6.45) is -0.403. The van der Waals surface area contributed by atoms with E-state index in [0.717, 1.165) is 18.2 Å². The number of fused-ring (bicyclic) bond motifs is 1. The normalized spacial score (nSPS) is 9.95. The van der Waals surface area contributed by atoms with Crippen molar-refractivity contribution in [3.8, 4) is 17.2 Å². The standard InChI is InChI=1S/C25H28O6.CH2O3.2K/c1-16(2)14-21(26)20-9-10-22(17(3)25(20)28)30-13-5-4-12-29-19-8-6-18-7-11-24(27)31-23(18)15-19;2-1(3)4;;/h6-11,15-16,28H,4-5,12-14H2,1-3H3;(H2,2,3,4);;/q;;2*+1/p-2. The van der Waals surface area contributed by atoms with Gasteiger partial charge in [-0.1, -0.05) is 13.8 Å². The number of ketones is 1. The third-order valence-corrected chi connectivity index (χ3v) is 4.93. The van der Waals surface area contributed by atoms with Crippen molar-refractivity contribution in [2.75, 3.05) is 13.2 Å². The van der Waals surface area contributed by atoms with Gasteiger partial charge in [-0.2, -0.15) is 0 Å². The molecule has 3 rings (SSSR count). The summed E-state index contributed by atoms with van der Waals surface area (Å²) in [6, 6.07) is 11.9. The minimum Gasteiger partial charge on any atom is -0.652 e. The smallest absolute Gasteiger partial charge is 0.652 e. The van der Waals surface area contributed by atoms with E-state index in [1.165, 1.54) is 6.07 Å². The van der Waals surface area contributed by atoms with Crippen molar-refractivity contribution in [2.45, 2.75) is 40.0 Å². The van der Waals surface area contributed by atoms with Gasteiger partial charge in [0.1, 0.15) is 22.8 Å². The Balaban J connectivity index is 0.00000201. The first-order chi connectivity index (χ1) is 16.6. The van der Waals surface area contributed by atoms with Crippen LogP contribution >= 0.6 is 0 Å². The van der Waals surface area contributed by atoms with Gasteiger partial charge in [0, 0.05) is 29.5 Å². The fourth-order valence-electron chi connectivity index (χ4n) is 3.25. The van der Waals surface area contributed by atoms with E-state index in [-0.39, 0.29) is 126 Å². The molecule has 1 N–H and O–H groups in total. The number of carbonyl (C=O) groups is 2. The number of ether oxygens (including phenoxy) is 2. The number of carbonyl (C=O) groups excluding carboxylic acids is 2.